The first-order valence-electron chi connectivity index (χ1n) is 10.7. The van der Waals surface area contributed by atoms with Gasteiger partial charge in [-0.15, -0.1) is 10.2 Å². The zero-order valence-corrected chi connectivity index (χ0v) is 19.1. The van der Waals surface area contributed by atoms with Gasteiger partial charge in [-0.25, -0.2) is 0 Å². The first-order valence-corrected chi connectivity index (χ1v) is 11.6. The number of rotatable bonds is 6. The number of hydrogen-bond acceptors (Lipinski definition) is 5. The van der Waals surface area contributed by atoms with Crippen LogP contribution in [0.2, 0.25) is 0 Å². The number of carbonyl (C=O) groups is 1. The second-order valence-electron chi connectivity index (χ2n) is 7.93. The van der Waals surface area contributed by atoms with Crippen molar-refractivity contribution >= 4 is 17.7 Å². The highest BCUT2D eigenvalue weighted by molar-refractivity contribution is 7.99. The van der Waals surface area contributed by atoms with Crippen LogP contribution in [-0.2, 0) is 4.79 Å². The van der Waals surface area contributed by atoms with Crippen molar-refractivity contribution in [3.8, 4) is 22.8 Å². The van der Waals surface area contributed by atoms with Gasteiger partial charge in [0.25, 0.3) is 0 Å². The molecule has 4 rings (SSSR count). The summed E-state index contributed by atoms with van der Waals surface area (Å²) in [5, 5.41) is 9.65. The molecule has 1 saturated heterocycles. The lowest BCUT2D eigenvalue weighted by atomic mass is 10.0. The van der Waals surface area contributed by atoms with Crippen molar-refractivity contribution in [2.75, 3.05) is 19.4 Å². The van der Waals surface area contributed by atoms with Gasteiger partial charge in [-0.2, -0.15) is 0 Å². The number of aromatic nitrogens is 3. The van der Waals surface area contributed by atoms with Crippen molar-refractivity contribution in [3.05, 3.63) is 54.1 Å². The molecule has 2 aromatic carbocycles. The highest BCUT2D eigenvalue weighted by Crippen LogP contribution is 2.30. The van der Waals surface area contributed by atoms with Crippen LogP contribution in [0, 0.1) is 6.92 Å². The van der Waals surface area contributed by atoms with Crippen LogP contribution in [0.1, 0.15) is 31.7 Å². The highest BCUT2D eigenvalue weighted by Gasteiger charge is 2.24. The molecule has 1 aliphatic heterocycles. The second kappa shape index (κ2) is 9.56. The minimum Gasteiger partial charge on any atom is -0.497 e. The van der Waals surface area contributed by atoms with Crippen LogP contribution in [0.5, 0.6) is 5.75 Å². The molecule has 1 amide bonds. The molecule has 0 saturated carbocycles. The van der Waals surface area contributed by atoms with Gasteiger partial charge in [0.15, 0.2) is 11.0 Å². The molecule has 0 aliphatic carbocycles. The maximum absolute atomic E-state index is 12.9. The van der Waals surface area contributed by atoms with E-state index in [1.165, 1.54) is 18.2 Å². The standard InChI is InChI=1S/C24H28N4O2S/c1-17-7-6-9-19(15-17)23-25-26-24(28(23)20-10-12-21(30-3)13-11-20)31-16-22(29)27-14-5-4-8-18(27)2/h6-7,9-13,15,18H,4-5,8,14,16H2,1-3H3. The van der Waals surface area contributed by atoms with E-state index in [1.54, 1.807) is 7.11 Å². The van der Waals surface area contributed by atoms with Crippen LogP contribution in [0.4, 0.5) is 0 Å². The molecule has 6 nitrogen and oxygen atoms in total. The van der Waals surface area contributed by atoms with E-state index in [9.17, 15) is 4.79 Å². The maximum atomic E-state index is 12.9. The molecule has 1 fully saturated rings. The normalized spacial score (nSPS) is 16.4. The smallest absolute Gasteiger partial charge is 0.233 e. The molecule has 1 atom stereocenters. The molecule has 1 aliphatic rings. The monoisotopic (exact) mass is 436 g/mol. The Morgan fingerprint density at radius 1 is 1.16 bits per heavy atom. The van der Waals surface area contributed by atoms with E-state index in [0.717, 1.165) is 47.8 Å². The van der Waals surface area contributed by atoms with Gasteiger partial charge in [-0.05, 0) is 63.4 Å². The lowest BCUT2D eigenvalue weighted by Gasteiger charge is -2.33. The van der Waals surface area contributed by atoms with Gasteiger partial charge in [0, 0.05) is 23.8 Å². The Bertz CT molecular complexity index is 1050. The molecule has 0 bridgehead atoms. The second-order valence-corrected chi connectivity index (χ2v) is 8.87. The van der Waals surface area contributed by atoms with Gasteiger partial charge in [0.2, 0.25) is 5.91 Å². The Hall–Kier alpha value is -2.80. The third-order valence-corrected chi connectivity index (χ3v) is 6.60. The number of aryl methyl sites for hydroxylation is 1. The molecule has 1 aromatic heterocycles. The molecular weight excluding hydrogens is 408 g/mol. The summed E-state index contributed by atoms with van der Waals surface area (Å²) in [7, 11) is 1.65. The predicted molar refractivity (Wildman–Crippen MR) is 124 cm³/mol. The molecule has 0 N–H and O–H groups in total. The maximum Gasteiger partial charge on any atom is 0.233 e. The number of hydrogen-bond donors (Lipinski definition) is 0. The molecule has 162 valence electrons. The van der Waals surface area contributed by atoms with Crippen molar-refractivity contribution < 1.29 is 9.53 Å². The third-order valence-electron chi connectivity index (χ3n) is 5.69. The Morgan fingerprint density at radius 2 is 1.97 bits per heavy atom. The number of methoxy groups -OCH3 is 1. The minimum atomic E-state index is 0.165. The fraction of sp³-hybridized carbons (Fsp3) is 0.375. The van der Waals surface area contributed by atoms with Gasteiger partial charge < -0.3 is 9.64 Å². The number of carbonyl (C=O) groups excluding carboxylic acids is 1. The summed E-state index contributed by atoms with van der Waals surface area (Å²) in [5.74, 6) is 2.07. The Kier molecular flexibility index (Phi) is 6.61. The van der Waals surface area contributed by atoms with E-state index in [1.807, 2.05) is 45.9 Å². The van der Waals surface area contributed by atoms with Crippen molar-refractivity contribution in [2.24, 2.45) is 0 Å². The van der Waals surface area contributed by atoms with Crippen molar-refractivity contribution in [3.63, 3.8) is 0 Å². The van der Waals surface area contributed by atoms with E-state index in [0.29, 0.717) is 17.0 Å². The lowest BCUT2D eigenvalue weighted by molar-refractivity contribution is -0.131. The van der Waals surface area contributed by atoms with Crippen LogP contribution in [0.3, 0.4) is 0 Å². The van der Waals surface area contributed by atoms with Crippen LogP contribution in [0.25, 0.3) is 17.1 Å². The predicted octanol–water partition coefficient (Wildman–Crippen LogP) is 4.74. The highest BCUT2D eigenvalue weighted by atomic mass is 32.2. The number of benzene rings is 2. The van der Waals surface area contributed by atoms with Crippen molar-refractivity contribution in [2.45, 2.75) is 44.3 Å². The molecule has 3 aromatic rings. The molecule has 7 heteroatoms. The van der Waals surface area contributed by atoms with Crippen LogP contribution < -0.4 is 4.74 Å². The van der Waals surface area contributed by atoms with Crippen molar-refractivity contribution in [1.82, 2.24) is 19.7 Å². The molecule has 0 spiro atoms. The summed E-state index contributed by atoms with van der Waals surface area (Å²) in [4.78, 5) is 14.9. The molecule has 1 unspecified atom stereocenters. The quantitative estimate of drug-likeness (QED) is 0.522. The summed E-state index contributed by atoms with van der Waals surface area (Å²) in [6.45, 7) is 5.05. The molecule has 0 radical (unpaired) electrons. The summed E-state index contributed by atoms with van der Waals surface area (Å²) < 4.78 is 7.33. The summed E-state index contributed by atoms with van der Waals surface area (Å²) in [5.41, 5.74) is 3.08. The van der Waals surface area contributed by atoms with Crippen LogP contribution >= 0.6 is 11.8 Å². The van der Waals surface area contributed by atoms with Gasteiger partial charge in [0.05, 0.1) is 12.9 Å². The average molecular weight is 437 g/mol. The number of piperidine rings is 1. The van der Waals surface area contributed by atoms with Crippen LogP contribution in [-0.4, -0.2) is 51.0 Å². The first-order chi connectivity index (χ1) is 15.1. The Labute approximate surface area is 187 Å². The summed E-state index contributed by atoms with van der Waals surface area (Å²) in [6, 6.07) is 16.3. The number of amides is 1. The molecule has 31 heavy (non-hydrogen) atoms. The zero-order chi connectivity index (χ0) is 21.8. The van der Waals surface area contributed by atoms with Gasteiger partial charge in [0.1, 0.15) is 5.75 Å². The summed E-state index contributed by atoms with van der Waals surface area (Å²) in [6.07, 6.45) is 3.36. The fourth-order valence-electron chi connectivity index (χ4n) is 3.98. The average Bonchev–Trinajstić information content (AvgIpc) is 3.22. The van der Waals surface area contributed by atoms with Crippen molar-refractivity contribution in [1.29, 1.82) is 0 Å². The first kappa shape index (κ1) is 21.4. The summed E-state index contributed by atoms with van der Waals surface area (Å²) >= 11 is 1.44. The van der Waals surface area contributed by atoms with Gasteiger partial charge in [-0.1, -0.05) is 35.5 Å². The van der Waals surface area contributed by atoms with E-state index < -0.39 is 0 Å². The topological polar surface area (TPSA) is 60.2 Å². The van der Waals surface area contributed by atoms with E-state index in [2.05, 4.69) is 36.2 Å². The zero-order valence-electron chi connectivity index (χ0n) is 18.2. The fourth-order valence-corrected chi connectivity index (χ4v) is 4.81. The van der Waals surface area contributed by atoms with E-state index >= 15 is 0 Å². The number of ether oxygens (including phenoxy) is 1. The largest absolute Gasteiger partial charge is 0.497 e. The third kappa shape index (κ3) is 4.77. The lowest BCUT2D eigenvalue weighted by Crippen LogP contribution is -2.42. The van der Waals surface area contributed by atoms with Gasteiger partial charge in [-0.3, -0.25) is 9.36 Å². The van der Waals surface area contributed by atoms with E-state index in [4.69, 9.17) is 4.74 Å². The Morgan fingerprint density at radius 3 is 2.68 bits per heavy atom. The SMILES string of the molecule is COc1ccc(-n2c(SCC(=O)N3CCCCC3C)nnc2-c2cccc(C)c2)cc1. The molecular formula is C24H28N4O2S. The van der Waals surface area contributed by atoms with Gasteiger partial charge >= 0.3 is 0 Å². The number of nitrogens with zero attached hydrogens (tertiary/aromatic N) is 4. The molecule has 2 heterocycles. The van der Waals surface area contributed by atoms with Crippen LogP contribution in [0.15, 0.2) is 53.7 Å². The Balaban J connectivity index is 1.64. The minimum absolute atomic E-state index is 0.165. The number of likely N-dealkylation sites (tertiary alicyclic amines) is 1. The van der Waals surface area contributed by atoms with E-state index in [-0.39, 0.29) is 5.91 Å². The number of thioether (sulfide) groups is 1.